The van der Waals surface area contributed by atoms with Gasteiger partial charge in [-0.15, -0.1) is 0 Å². The van der Waals surface area contributed by atoms with E-state index in [9.17, 15) is 9.59 Å². The maximum absolute atomic E-state index is 12.3. The van der Waals surface area contributed by atoms with E-state index in [1.807, 2.05) is 11.0 Å². The molecule has 2 amide bonds. The van der Waals surface area contributed by atoms with Gasteiger partial charge in [0.2, 0.25) is 5.91 Å². The van der Waals surface area contributed by atoms with Crippen molar-refractivity contribution < 1.29 is 14.3 Å². The van der Waals surface area contributed by atoms with Crippen molar-refractivity contribution in [3.05, 3.63) is 65.2 Å². The van der Waals surface area contributed by atoms with Gasteiger partial charge in [0.05, 0.1) is 6.54 Å². The van der Waals surface area contributed by atoms with Crippen LogP contribution < -0.4 is 10.1 Å². The van der Waals surface area contributed by atoms with Crippen molar-refractivity contribution in [2.45, 2.75) is 19.3 Å². The second-order valence-corrected chi connectivity index (χ2v) is 7.47. The lowest BCUT2D eigenvalue weighted by atomic mass is 9.90. The fraction of sp³-hybridized carbons (Fsp3) is 0.364. The number of benzene rings is 2. The van der Waals surface area contributed by atoms with Crippen molar-refractivity contribution in [2.24, 2.45) is 5.92 Å². The van der Waals surface area contributed by atoms with E-state index in [1.54, 1.807) is 24.3 Å². The Labute approximate surface area is 170 Å². The molecule has 1 aliphatic rings. The molecule has 0 aromatic heterocycles. The number of hydrogen-bond acceptors (Lipinski definition) is 3. The molecule has 0 saturated carbocycles. The number of halogens is 1. The lowest BCUT2D eigenvalue weighted by molar-refractivity contribution is -0.134. The average Bonchev–Trinajstić information content (AvgIpc) is 2.73. The summed E-state index contributed by atoms with van der Waals surface area (Å²) in [7, 11) is 0. The molecule has 0 unspecified atom stereocenters. The van der Waals surface area contributed by atoms with Crippen molar-refractivity contribution in [3.8, 4) is 5.75 Å². The summed E-state index contributed by atoms with van der Waals surface area (Å²) in [5, 5.41) is 3.24. The van der Waals surface area contributed by atoms with Gasteiger partial charge in [-0.3, -0.25) is 9.59 Å². The molecular formula is C22H25ClN2O3. The van der Waals surface area contributed by atoms with Gasteiger partial charge >= 0.3 is 0 Å². The number of carbonyl (C=O) groups is 2. The summed E-state index contributed by atoms with van der Waals surface area (Å²) in [5.74, 6) is 0.806. The molecule has 0 radical (unpaired) electrons. The number of nitrogens with zero attached hydrogens (tertiary/aromatic N) is 1. The highest BCUT2D eigenvalue weighted by Gasteiger charge is 2.23. The molecule has 0 aliphatic carbocycles. The molecule has 0 atom stereocenters. The maximum Gasteiger partial charge on any atom is 0.258 e. The standard InChI is InChI=1S/C22H25ClN2O3/c23-19-6-8-20(9-7-19)28-16-21(26)24-15-22(27)25-12-10-18(11-13-25)14-17-4-2-1-3-5-17/h1-9,18H,10-16H2,(H,24,26). The lowest BCUT2D eigenvalue weighted by Crippen LogP contribution is -2.45. The van der Waals surface area contributed by atoms with Crippen LogP contribution in [0.4, 0.5) is 0 Å². The van der Waals surface area contributed by atoms with E-state index in [2.05, 4.69) is 29.6 Å². The van der Waals surface area contributed by atoms with E-state index >= 15 is 0 Å². The van der Waals surface area contributed by atoms with Gasteiger partial charge in [-0.25, -0.2) is 0 Å². The van der Waals surface area contributed by atoms with Crippen LogP contribution in [-0.2, 0) is 16.0 Å². The Kier molecular flexibility index (Phi) is 7.31. The average molecular weight is 401 g/mol. The zero-order valence-corrected chi connectivity index (χ0v) is 16.5. The summed E-state index contributed by atoms with van der Waals surface area (Å²) < 4.78 is 5.38. The summed E-state index contributed by atoms with van der Waals surface area (Å²) in [5.41, 5.74) is 1.35. The SMILES string of the molecule is O=C(COc1ccc(Cl)cc1)NCC(=O)N1CCC(Cc2ccccc2)CC1. The Hall–Kier alpha value is -2.53. The monoisotopic (exact) mass is 400 g/mol. The van der Waals surface area contributed by atoms with Gasteiger partial charge in [0.15, 0.2) is 6.61 Å². The van der Waals surface area contributed by atoms with E-state index < -0.39 is 0 Å². The molecule has 2 aromatic carbocycles. The first kappa shape index (κ1) is 20.2. The summed E-state index contributed by atoms with van der Waals surface area (Å²) >= 11 is 5.81. The van der Waals surface area contributed by atoms with Crippen molar-refractivity contribution in [1.29, 1.82) is 0 Å². The number of nitrogens with one attached hydrogen (secondary N) is 1. The zero-order chi connectivity index (χ0) is 19.8. The summed E-state index contributed by atoms with van der Waals surface area (Å²) in [6.45, 7) is 1.36. The van der Waals surface area contributed by atoms with Crippen LogP contribution in [0, 0.1) is 5.92 Å². The van der Waals surface area contributed by atoms with Crippen LogP contribution in [0.25, 0.3) is 0 Å². The quantitative estimate of drug-likeness (QED) is 0.775. The molecule has 3 rings (SSSR count). The van der Waals surface area contributed by atoms with Crippen molar-refractivity contribution in [3.63, 3.8) is 0 Å². The minimum atomic E-state index is -0.317. The van der Waals surface area contributed by atoms with Gasteiger partial charge in [-0.2, -0.15) is 0 Å². The highest BCUT2D eigenvalue weighted by atomic mass is 35.5. The first-order valence-corrected chi connectivity index (χ1v) is 9.95. The molecule has 0 spiro atoms. The topological polar surface area (TPSA) is 58.6 Å². The van der Waals surface area contributed by atoms with Gasteiger partial charge in [0.25, 0.3) is 5.91 Å². The third kappa shape index (κ3) is 6.27. The van der Waals surface area contributed by atoms with Gasteiger partial charge in [0, 0.05) is 18.1 Å². The second-order valence-electron chi connectivity index (χ2n) is 7.03. The van der Waals surface area contributed by atoms with Crippen molar-refractivity contribution >= 4 is 23.4 Å². The maximum atomic E-state index is 12.3. The second kappa shape index (κ2) is 10.1. The normalized spacial score (nSPS) is 14.5. The fourth-order valence-electron chi connectivity index (χ4n) is 3.35. The number of carbonyl (C=O) groups excluding carboxylic acids is 2. The van der Waals surface area contributed by atoms with E-state index in [0.717, 1.165) is 32.4 Å². The Morgan fingerprint density at radius 3 is 2.39 bits per heavy atom. The van der Waals surface area contributed by atoms with Gasteiger partial charge < -0.3 is 15.0 Å². The predicted molar refractivity (Wildman–Crippen MR) is 109 cm³/mol. The summed E-state index contributed by atoms with van der Waals surface area (Å²) in [4.78, 5) is 26.1. The van der Waals surface area contributed by atoms with Crippen LogP contribution in [0.2, 0.25) is 5.02 Å². The molecule has 5 nitrogen and oxygen atoms in total. The Morgan fingerprint density at radius 2 is 1.71 bits per heavy atom. The molecule has 148 valence electrons. The number of piperidine rings is 1. The molecule has 1 saturated heterocycles. The van der Waals surface area contributed by atoms with Crippen LogP contribution >= 0.6 is 11.6 Å². The molecule has 0 bridgehead atoms. The minimum absolute atomic E-state index is 0.00611. The number of ether oxygens (including phenoxy) is 1. The highest BCUT2D eigenvalue weighted by Crippen LogP contribution is 2.21. The molecule has 1 aliphatic heterocycles. The first-order valence-electron chi connectivity index (χ1n) is 9.57. The first-order chi connectivity index (χ1) is 13.6. The van der Waals surface area contributed by atoms with E-state index in [0.29, 0.717) is 16.7 Å². The summed E-state index contributed by atoms with van der Waals surface area (Å²) in [6.07, 6.45) is 3.05. The van der Waals surface area contributed by atoms with E-state index in [-0.39, 0.29) is 25.0 Å². The van der Waals surface area contributed by atoms with Crippen LogP contribution in [-0.4, -0.2) is 43.0 Å². The van der Waals surface area contributed by atoms with Crippen LogP contribution in [0.15, 0.2) is 54.6 Å². The molecular weight excluding hydrogens is 376 g/mol. The van der Waals surface area contributed by atoms with Gasteiger partial charge in [0.1, 0.15) is 5.75 Å². The molecule has 28 heavy (non-hydrogen) atoms. The number of amides is 2. The highest BCUT2D eigenvalue weighted by molar-refractivity contribution is 6.30. The van der Waals surface area contributed by atoms with Gasteiger partial charge in [-0.1, -0.05) is 41.9 Å². The number of likely N-dealkylation sites (tertiary alicyclic amines) is 1. The Bertz CT molecular complexity index is 772. The largest absolute Gasteiger partial charge is 0.484 e. The third-order valence-electron chi connectivity index (χ3n) is 4.95. The Balaban J connectivity index is 1.34. The van der Waals surface area contributed by atoms with Crippen molar-refractivity contribution in [2.75, 3.05) is 26.2 Å². The molecule has 1 heterocycles. The van der Waals surface area contributed by atoms with Gasteiger partial charge in [-0.05, 0) is 55.0 Å². The predicted octanol–water partition coefficient (Wildman–Crippen LogP) is 3.32. The summed E-state index contributed by atoms with van der Waals surface area (Å²) in [6, 6.07) is 17.2. The minimum Gasteiger partial charge on any atom is -0.484 e. The third-order valence-corrected chi connectivity index (χ3v) is 5.21. The molecule has 6 heteroatoms. The number of hydrogen-bond donors (Lipinski definition) is 1. The zero-order valence-electron chi connectivity index (χ0n) is 15.8. The Morgan fingerprint density at radius 1 is 1.04 bits per heavy atom. The molecule has 1 fully saturated rings. The molecule has 1 N–H and O–H groups in total. The van der Waals surface area contributed by atoms with E-state index in [1.165, 1.54) is 5.56 Å². The fourth-order valence-corrected chi connectivity index (χ4v) is 3.48. The lowest BCUT2D eigenvalue weighted by Gasteiger charge is -2.32. The van der Waals surface area contributed by atoms with Crippen LogP contribution in [0.3, 0.4) is 0 Å². The van der Waals surface area contributed by atoms with E-state index in [4.69, 9.17) is 16.3 Å². The number of rotatable bonds is 7. The molecule has 2 aromatic rings. The smallest absolute Gasteiger partial charge is 0.258 e. The van der Waals surface area contributed by atoms with Crippen LogP contribution in [0.1, 0.15) is 18.4 Å². The van der Waals surface area contributed by atoms with Crippen molar-refractivity contribution in [1.82, 2.24) is 10.2 Å². The van der Waals surface area contributed by atoms with Crippen LogP contribution in [0.5, 0.6) is 5.75 Å².